The first-order chi connectivity index (χ1) is 9.53. The molecule has 0 heterocycles. The van der Waals surface area contributed by atoms with Gasteiger partial charge in [-0.15, -0.1) is 0 Å². The molecule has 0 spiro atoms. The van der Waals surface area contributed by atoms with Crippen molar-refractivity contribution in [2.45, 2.75) is 25.5 Å². The van der Waals surface area contributed by atoms with Crippen LogP contribution in [0.15, 0.2) is 18.2 Å². The van der Waals surface area contributed by atoms with E-state index in [0.29, 0.717) is 12.1 Å². The molecule has 6 heteroatoms. The Balaban J connectivity index is 2.90. The molecule has 2 unspecified atom stereocenters. The highest BCUT2D eigenvalue weighted by molar-refractivity contribution is 5.70. The van der Waals surface area contributed by atoms with Crippen molar-refractivity contribution in [1.29, 1.82) is 0 Å². The average molecular weight is 285 g/mol. The van der Waals surface area contributed by atoms with Crippen molar-refractivity contribution in [1.82, 2.24) is 5.32 Å². The molecule has 0 saturated carbocycles. The number of hydrogen-bond acceptors (Lipinski definition) is 5. The number of ether oxygens (including phenoxy) is 2. The van der Waals surface area contributed by atoms with Gasteiger partial charge in [0.05, 0.1) is 26.7 Å². The van der Waals surface area contributed by atoms with Crippen molar-refractivity contribution >= 4 is 5.97 Å². The Hall–Kier alpha value is -1.66. The van der Waals surface area contributed by atoms with Crippen LogP contribution in [0.3, 0.4) is 0 Å². The van der Waals surface area contributed by atoms with Crippen molar-refractivity contribution < 1.29 is 23.8 Å². The van der Waals surface area contributed by atoms with Crippen LogP contribution in [-0.2, 0) is 9.53 Å². The van der Waals surface area contributed by atoms with Gasteiger partial charge in [0.1, 0.15) is 0 Å². The van der Waals surface area contributed by atoms with Crippen molar-refractivity contribution in [3.8, 4) is 5.75 Å². The number of carbonyl (C=O) groups excluding carboxylic acids is 1. The number of aliphatic hydroxyl groups is 1. The Kier molecular flexibility index (Phi) is 6.41. The molecule has 0 aliphatic rings. The molecule has 0 amide bonds. The molecule has 5 nitrogen and oxygen atoms in total. The van der Waals surface area contributed by atoms with Gasteiger partial charge in [-0.3, -0.25) is 4.79 Å². The molecule has 0 saturated heterocycles. The lowest BCUT2D eigenvalue weighted by Gasteiger charge is -2.23. The zero-order chi connectivity index (χ0) is 15.1. The van der Waals surface area contributed by atoms with Crippen LogP contribution in [0.25, 0.3) is 0 Å². The largest absolute Gasteiger partial charge is 0.494 e. The van der Waals surface area contributed by atoms with E-state index in [9.17, 15) is 14.3 Å². The van der Waals surface area contributed by atoms with Crippen molar-refractivity contribution in [3.63, 3.8) is 0 Å². The number of nitrogens with one attached hydrogen (secondary N) is 1. The molecular formula is C14H20FNO4. The van der Waals surface area contributed by atoms with Gasteiger partial charge in [0.2, 0.25) is 0 Å². The molecule has 20 heavy (non-hydrogen) atoms. The summed E-state index contributed by atoms with van der Waals surface area (Å²) in [4.78, 5) is 11.3. The van der Waals surface area contributed by atoms with Gasteiger partial charge in [-0.25, -0.2) is 4.39 Å². The molecular weight excluding hydrogens is 265 g/mol. The Bertz CT molecular complexity index is 453. The van der Waals surface area contributed by atoms with Gasteiger partial charge in [0.15, 0.2) is 11.6 Å². The normalized spacial score (nSPS) is 13.7. The zero-order valence-electron chi connectivity index (χ0n) is 11.9. The molecule has 2 N–H and O–H groups in total. The van der Waals surface area contributed by atoms with Gasteiger partial charge in [-0.1, -0.05) is 13.0 Å². The van der Waals surface area contributed by atoms with E-state index in [4.69, 9.17) is 4.74 Å². The lowest BCUT2D eigenvalue weighted by Crippen LogP contribution is -2.37. The standard InChI is InChI=1S/C14H20FNO4/c1-4-16-11(8-13(17)20-3)14(18)9-5-6-12(19-2)10(15)7-9/h5-7,11,14,16,18H,4,8H2,1-3H3. The van der Waals surface area contributed by atoms with Crippen LogP contribution in [0, 0.1) is 5.82 Å². The van der Waals surface area contributed by atoms with E-state index >= 15 is 0 Å². The van der Waals surface area contributed by atoms with Crippen LogP contribution in [-0.4, -0.2) is 37.9 Å². The monoisotopic (exact) mass is 285 g/mol. The van der Waals surface area contributed by atoms with Crippen LogP contribution in [0.1, 0.15) is 25.0 Å². The zero-order valence-corrected chi connectivity index (χ0v) is 11.9. The third kappa shape index (κ3) is 4.18. The van der Waals surface area contributed by atoms with Gasteiger partial charge < -0.3 is 19.9 Å². The fourth-order valence-corrected chi connectivity index (χ4v) is 1.92. The Morgan fingerprint density at radius 1 is 1.45 bits per heavy atom. The van der Waals surface area contributed by atoms with Crippen LogP contribution in [0.4, 0.5) is 4.39 Å². The van der Waals surface area contributed by atoms with E-state index in [-0.39, 0.29) is 12.2 Å². The predicted molar refractivity (Wildman–Crippen MR) is 72.0 cm³/mol. The van der Waals surface area contributed by atoms with Gasteiger partial charge in [-0.05, 0) is 24.2 Å². The second-order valence-electron chi connectivity index (χ2n) is 4.28. The third-order valence-electron chi connectivity index (χ3n) is 2.98. The molecule has 2 atom stereocenters. The first kappa shape index (κ1) is 16.4. The Morgan fingerprint density at radius 2 is 2.15 bits per heavy atom. The number of likely N-dealkylation sites (N-methyl/N-ethyl adjacent to an activating group) is 1. The SMILES string of the molecule is CCNC(CC(=O)OC)C(O)c1ccc(OC)c(F)c1. The van der Waals surface area contributed by atoms with E-state index in [1.54, 1.807) is 6.07 Å². The summed E-state index contributed by atoms with van der Waals surface area (Å²) in [5.74, 6) is -0.893. The lowest BCUT2D eigenvalue weighted by atomic mass is 9.99. The highest BCUT2D eigenvalue weighted by Gasteiger charge is 2.24. The van der Waals surface area contributed by atoms with Crippen LogP contribution in [0.2, 0.25) is 0 Å². The maximum Gasteiger partial charge on any atom is 0.307 e. The van der Waals surface area contributed by atoms with E-state index in [2.05, 4.69) is 10.1 Å². The molecule has 112 valence electrons. The van der Waals surface area contributed by atoms with Crippen molar-refractivity contribution in [2.75, 3.05) is 20.8 Å². The van der Waals surface area contributed by atoms with Gasteiger partial charge >= 0.3 is 5.97 Å². The maximum atomic E-state index is 13.6. The topological polar surface area (TPSA) is 67.8 Å². The quantitative estimate of drug-likeness (QED) is 0.741. The van der Waals surface area contributed by atoms with Gasteiger partial charge in [0.25, 0.3) is 0 Å². The van der Waals surface area contributed by atoms with E-state index in [1.807, 2.05) is 6.92 Å². The third-order valence-corrected chi connectivity index (χ3v) is 2.98. The smallest absolute Gasteiger partial charge is 0.307 e. The molecule has 1 rings (SSSR count). The summed E-state index contributed by atoms with van der Waals surface area (Å²) in [6, 6.07) is 3.66. The molecule has 0 bridgehead atoms. The van der Waals surface area contributed by atoms with E-state index < -0.39 is 23.9 Å². The van der Waals surface area contributed by atoms with Gasteiger partial charge in [-0.2, -0.15) is 0 Å². The number of carbonyl (C=O) groups is 1. The van der Waals surface area contributed by atoms with Crippen molar-refractivity contribution in [3.05, 3.63) is 29.6 Å². The Labute approximate surface area is 117 Å². The summed E-state index contributed by atoms with van der Waals surface area (Å²) in [5.41, 5.74) is 0.373. The number of halogens is 1. The number of methoxy groups -OCH3 is 2. The minimum absolute atomic E-state index is 0.000838. The Morgan fingerprint density at radius 3 is 2.65 bits per heavy atom. The predicted octanol–water partition coefficient (Wildman–Crippen LogP) is 1.41. The van der Waals surface area contributed by atoms with Crippen molar-refractivity contribution in [2.24, 2.45) is 0 Å². The summed E-state index contributed by atoms with van der Waals surface area (Å²) in [6.07, 6.45) is -1.02. The molecule has 0 aromatic heterocycles. The summed E-state index contributed by atoms with van der Waals surface area (Å²) < 4.78 is 23.1. The minimum atomic E-state index is -1.02. The second-order valence-corrected chi connectivity index (χ2v) is 4.28. The summed E-state index contributed by atoms with van der Waals surface area (Å²) in [5, 5.41) is 13.3. The molecule has 1 aromatic carbocycles. The summed E-state index contributed by atoms with van der Waals surface area (Å²) >= 11 is 0. The number of benzene rings is 1. The van der Waals surface area contributed by atoms with Crippen LogP contribution >= 0.6 is 0 Å². The number of rotatable bonds is 7. The number of hydrogen-bond donors (Lipinski definition) is 2. The second kappa shape index (κ2) is 7.81. The first-order valence-electron chi connectivity index (χ1n) is 6.35. The summed E-state index contributed by atoms with van der Waals surface area (Å²) in [6.45, 7) is 2.42. The highest BCUT2D eigenvalue weighted by Crippen LogP contribution is 2.24. The van der Waals surface area contributed by atoms with E-state index in [0.717, 1.165) is 0 Å². The molecule has 0 aliphatic carbocycles. The number of esters is 1. The fraction of sp³-hybridized carbons (Fsp3) is 0.500. The first-order valence-corrected chi connectivity index (χ1v) is 6.35. The number of aliphatic hydroxyl groups excluding tert-OH is 1. The highest BCUT2D eigenvalue weighted by atomic mass is 19.1. The minimum Gasteiger partial charge on any atom is -0.494 e. The molecule has 1 aromatic rings. The summed E-state index contributed by atoms with van der Waals surface area (Å²) in [7, 11) is 2.65. The van der Waals surface area contributed by atoms with E-state index in [1.165, 1.54) is 26.4 Å². The maximum absolute atomic E-state index is 13.6. The fourth-order valence-electron chi connectivity index (χ4n) is 1.92. The van der Waals surface area contributed by atoms with Gasteiger partial charge in [0, 0.05) is 6.04 Å². The molecule has 0 radical (unpaired) electrons. The van der Waals surface area contributed by atoms with Crippen LogP contribution in [0.5, 0.6) is 5.75 Å². The van der Waals surface area contributed by atoms with Crippen LogP contribution < -0.4 is 10.1 Å². The lowest BCUT2D eigenvalue weighted by molar-refractivity contribution is -0.142. The average Bonchev–Trinajstić information content (AvgIpc) is 2.45. The molecule has 0 fully saturated rings. The molecule has 0 aliphatic heterocycles.